The average molecular weight is 420 g/mol. The Kier molecular flexibility index (Phi) is 6.27. The summed E-state index contributed by atoms with van der Waals surface area (Å²) in [6, 6.07) is 23.9. The average Bonchev–Trinajstić information content (AvgIpc) is 2.82. The number of rotatable bonds is 6. The summed E-state index contributed by atoms with van der Waals surface area (Å²) in [6.07, 6.45) is 7.51. The molecule has 0 N–H and O–H groups in total. The molecule has 1 aromatic heterocycles. The highest BCUT2D eigenvalue weighted by Crippen LogP contribution is 2.27. The first-order chi connectivity index (χ1) is 15.5. The lowest BCUT2D eigenvalue weighted by Crippen LogP contribution is -2.05. The number of pyridine rings is 1. The molecule has 0 aliphatic heterocycles. The predicted molar refractivity (Wildman–Crippen MR) is 133 cm³/mol. The van der Waals surface area contributed by atoms with E-state index in [0.717, 1.165) is 39.0 Å². The molecule has 0 atom stereocenters. The molecule has 0 aliphatic carbocycles. The fourth-order valence-corrected chi connectivity index (χ4v) is 3.68. The van der Waals surface area contributed by atoms with Crippen LogP contribution in [0.2, 0.25) is 0 Å². The van der Waals surface area contributed by atoms with Crippen molar-refractivity contribution >= 4 is 34.9 Å². The number of benzene rings is 3. The highest BCUT2D eigenvalue weighted by Gasteiger charge is 2.15. The van der Waals surface area contributed by atoms with Gasteiger partial charge in [-0.1, -0.05) is 78.4 Å². The minimum absolute atomic E-state index is 0.0693. The number of hydrogen-bond donors (Lipinski definition) is 0. The second kappa shape index (κ2) is 9.44. The largest absolute Gasteiger partial charge is 0.497 e. The Hall–Kier alpha value is -3.98. The fraction of sp³-hybridized carbons (Fsp3) is 0.103. The minimum atomic E-state index is -0.0693. The summed E-state index contributed by atoms with van der Waals surface area (Å²) in [7, 11) is 1.63. The number of ether oxygens (including phenoxy) is 1. The van der Waals surface area contributed by atoms with Crippen molar-refractivity contribution in [2.24, 2.45) is 0 Å². The Labute approximate surface area is 188 Å². The van der Waals surface area contributed by atoms with Crippen LogP contribution in [0, 0.1) is 13.8 Å². The van der Waals surface area contributed by atoms with Gasteiger partial charge < -0.3 is 4.74 Å². The lowest BCUT2D eigenvalue weighted by molar-refractivity contribution is 0.104. The van der Waals surface area contributed by atoms with Crippen LogP contribution in [0.15, 0.2) is 78.9 Å². The van der Waals surface area contributed by atoms with E-state index >= 15 is 0 Å². The smallest absolute Gasteiger partial charge is 0.188 e. The van der Waals surface area contributed by atoms with Crippen molar-refractivity contribution in [3.05, 3.63) is 112 Å². The van der Waals surface area contributed by atoms with Gasteiger partial charge in [0.05, 0.1) is 18.2 Å². The number of hydrogen-bond acceptors (Lipinski definition) is 3. The van der Waals surface area contributed by atoms with E-state index in [1.807, 2.05) is 73.7 Å². The van der Waals surface area contributed by atoms with Gasteiger partial charge >= 0.3 is 0 Å². The summed E-state index contributed by atoms with van der Waals surface area (Å²) in [4.78, 5) is 18.0. The van der Waals surface area contributed by atoms with Gasteiger partial charge in [-0.3, -0.25) is 9.78 Å². The lowest BCUT2D eigenvalue weighted by Gasteiger charge is -2.11. The zero-order chi connectivity index (χ0) is 22.5. The molecule has 4 rings (SSSR count). The molecule has 0 unspecified atom stereocenters. The second-order valence-electron chi connectivity index (χ2n) is 7.72. The number of nitrogens with zero attached hydrogens (tertiary/aromatic N) is 1. The van der Waals surface area contributed by atoms with Crippen LogP contribution >= 0.6 is 0 Å². The van der Waals surface area contributed by atoms with Crippen molar-refractivity contribution in [3.8, 4) is 5.75 Å². The maximum Gasteiger partial charge on any atom is 0.188 e. The molecular formula is C29H25NO2. The summed E-state index contributed by atoms with van der Waals surface area (Å²) in [5, 5.41) is 0.961. The van der Waals surface area contributed by atoms with E-state index in [4.69, 9.17) is 9.72 Å². The summed E-state index contributed by atoms with van der Waals surface area (Å²) < 4.78 is 5.20. The molecule has 158 valence electrons. The van der Waals surface area contributed by atoms with Crippen LogP contribution in [0.1, 0.15) is 38.3 Å². The maximum atomic E-state index is 13.3. The normalized spacial score (nSPS) is 11.5. The summed E-state index contributed by atoms with van der Waals surface area (Å²) in [5.74, 6) is 0.715. The number of methoxy groups -OCH3 is 1. The van der Waals surface area contributed by atoms with Gasteiger partial charge in [0.25, 0.3) is 0 Å². The van der Waals surface area contributed by atoms with E-state index in [1.165, 1.54) is 5.56 Å². The second-order valence-corrected chi connectivity index (χ2v) is 7.72. The number of fused-ring (bicyclic) bond motifs is 1. The van der Waals surface area contributed by atoms with E-state index in [0.29, 0.717) is 5.56 Å². The van der Waals surface area contributed by atoms with Gasteiger partial charge in [0.15, 0.2) is 5.78 Å². The summed E-state index contributed by atoms with van der Waals surface area (Å²) in [5.41, 5.74) is 6.34. The highest BCUT2D eigenvalue weighted by atomic mass is 16.5. The molecule has 3 heteroatoms. The van der Waals surface area contributed by atoms with Crippen molar-refractivity contribution in [2.45, 2.75) is 13.8 Å². The van der Waals surface area contributed by atoms with Crippen LogP contribution in [-0.4, -0.2) is 17.9 Å². The molecule has 0 saturated heterocycles. The Morgan fingerprint density at radius 3 is 2.19 bits per heavy atom. The zero-order valence-corrected chi connectivity index (χ0v) is 18.5. The SMILES string of the molecule is COc1ccc(/C=C/C(=O)c2c(C)nc3ccccc3c2/C=C/c2ccc(C)cc2)cc1. The molecule has 32 heavy (non-hydrogen) atoms. The molecule has 0 spiro atoms. The first kappa shape index (κ1) is 21.3. The predicted octanol–water partition coefficient (Wildman–Crippen LogP) is 6.93. The van der Waals surface area contributed by atoms with E-state index in [9.17, 15) is 4.79 Å². The first-order valence-electron chi connectivity index (χ1n) is 10.6. The Bertz CT molecular complexity index is 1310. The number of para-hydroxylation sites is 1. The van der Waals surface area contributed by atoms with Crippen LogP contribution in [0.5, 0.6) is 5.75 Å². The van der Waals surface area contributed by atoms with Gasteiger partial charge in [-0.15, -0.1) is 0 Å². The third-order valence-corrected chi connectivity index (χ3v) is 5.42. The topological polar surface area (TPSA) is 39.2 Å². The number of aryl methyl sites for hydroxylation is 2. The third kappa shape index (κ3) is 4.68. The van der Waals surface area contributed by atoms with Gasteiger partial charge in [0.2, 0.25) is 0 Å². The zero-order valence-electron chi connectivity index (χ0n) is 18.5. The van der Waals surface area contributed by atoms with E-state index in [1.54, 1.807) is 13.2 Å². The lowest BCUT2D eigenvalue weighted by atomic mass is 9.96. The molecule has 0 aliphatic rings. The van der Waals surface area contributed by atoms with E-state index < -0.39 is 0 Å². The molecule has 0 amide bonds. The number of carbonyl (C=O) groups excluding carboxylic acids is 1. The van der Waals surface area contributed by atoms with Crippen LogP contribution in [0.25, 0.3) is 29.1 Å². The molecule has 3 nitrogen and oxygen atoms in total. The van der Waals surface area contributed by atoms with Crippen LogP contribution in [0.4, 0.5) is 0 Å². The standard InChI is InChI=1S/C29H25NO2/c1-20-8-10-22(11-9-20)14-18-26-25-6-4-5-7-27(25)30-21(2)29(26)28(31)19-15-23-12-16-24(32-3)17-13-23/h4-19H,1-3H3/b18-14+,19-15+. The maximum absolute atomic E-state index is 13.3. The van der Waals surface area contributed by atoms with Crippen molar-refractivity contribution in [3.63, 3.8) is 0 Å². The fourth-order valence-electron chi connectivity index (χ4n) is 3.68. The Morgan fingerprint density at radius 2 is 1.47 bits per heavy atom. The molecule has 0 radical (unpaired) electrons. The molecule has 3 aromatic carbocycles. The summed E-state index contributed by atoms with van der Waals surface area (Å²) >= 11 is 0. The monoisotopic (exact) mass is 419 g/mol. The highest BCUT2D eigenvalue weighted by molar-refractivity contribution is 6.13. The minimum Gasteiger partial charge on any atom is -0.497 e. The number of carbonyl (C=O) groups is 1. The van der Waals surface area contributed by atoms with Crippen molar-refractivity contribution in [1.82, 2.24) is 4.98 Å². The molecule has 0 bridgehead atoms. The van der Waals surface area contributed by atoms with Crippen LogP contribution in [-0.2, 0) is 0 Å². The number of allylic oxidation sites excluding steroid dienone is 1. The number of ketones is 1. The Balaban J connectivity index is 1.76. The van der Waals surface area contributed by atoms with E-state index in [-0.39, 0.29) is 5.78 Å². The molecular weight excluding hydrogens is 394 g/mol. The van der Waals surface area contributed by atoms with Gasteiger partial charge in [-0.05, 0) is 54.8 Å². The van der Waals surface area contributed by atoms with Gasteiger partial charge in [0, 0.05) is 11.1 Å². The van der Waals surface area contributed by atoms with E-state index in [2.05, 4.69) is 31.2 Å². The molecule has 1 heterocycles. The molecule has 0 fully saturated rings. The molecule has 4 aromatic rings. The van der Waals surface area contributed by atoms with Crippen molar-refractivity contribution in [1.29, 1.82) is 0 Å². The quantitative estimate of drug-likeness (QED) is 0.251. The van der Waals surface area contributed by atoms with Crippen LogP contribution < -0.4 is 4.74 Å². The van der Waals surface area contributed by atoms with Crippen molar-refractivity contribution in [2.75, 3.05) is 7.11 Å². The van der Waals surface area contributed by atoms with Crippen LogP contribution in [0.3, 0.4) is 0 Å². The van der Waals surface area contributed by atoms with Gasteiger partial charge in [-0.2, -0.15) is 0 Å². The molecule has 0 saturated carbocycles. The Morgan fingerprint density at radius 1 is 0.812 bits per heavy atom. The summed E-state index contributed by atoms with van der Waals surface area (Å²) in [6.45, 7) is 3.96. The first-order valence-corrected chi connectivity index (χ1v) is 10.6. The number of aromatic nitrogens is 1. The van der Waals surface area contributed by atoms with Crippen molar-refractivity contribution < 1.29 is 9.53 Å². The van der Waals surface area contributed by atoms with Gasteiger partial charge in [0.1, 0.15) is 5.75 Å². The van der Waals surface area contributed by atoms with Gasteiger partial charge in [-0.25, -0.2) is 0 Å². The third-order valence-electron chi connectivity index (χ3n) is 5.42.